The van der Waals surface area contributed by atoms with Gasteiger partial charge in [0.25, 0.3) is 0 Å². The van der Waals surface area contributed by atoms with E-state index in [1.54, 1.807) is 0 Å². The number of hydrogen-bond acceptors (Lipinski definition) is 3. The number of carbonyl (C=O) groups is 1. The molecular formula is C18H25NO2. The van der Waals surface area contributed by atoms with Crippen molar-refractivity contribution in [2.45, 2.75) is 39.2 Å². The minimum Gasteiger partial charge on any atom is -0.492 e. The number of nitrogens with zero attached hydrogens (tertiary/aromatic N) is 1. The minimum atomic E-state index is -0.142. The SMILES string of the molecule is CC1CCCC(C=O)(CN2CCOc3ccccc3C2)C1. The molecule has 3 heteroatoms. The van der Waals surface area contributed by atoms with Gasteiger partial charge in [-0.2, -0.15) is 0 Å². The van der Waals surface area contributed by atoms with Gasteiger partial charge in [0, 0.05) is 30.6 Å². The summed E-state index contributed by atoms with van der Waals surface area (Å²) >= 11 is 0. The molecule has 3 nitrogen and oxygen atoms in total. The monoisotopic (exact) mass is 287 g/mol. The predicted molar refractivity (Wildman–Crippen MR) is 83.3 cm³/mol. The Hall–Kier alpha value is -1.35. The first-order valence-electron chi connectivity index (χ1n) is 8.10. The first kappa shape index (κ1) is 14.6. The van der Waals surface area contributed by atoms with E-state index in [0.29, 0.717) is 12.5 Å². The molecule has 2 aliphatic rings. The quantitative estimate of drug-likeness (QED) is 0.799. The van der Waals surface area contributed by atoms with Gasteiger partial charge in [0.1, 0.15) is 18.6 Å². The zero-order valence-corrected chi connectivity index (χ0v) is 12.9. The summed E-state index contributed by atoms with van der Waals surface area (Å²) in [6.07, 6.45) is 5.76. The molecule has 1 aromatic carbocycles. The summed E-state index contributed by atoms with van der Waals surface area (Å²) in [5, 5.41) is 0. The molecule has 114 valence electrons. The van der Waals surface area contributed by atoms with Crippen LogP contribution < -0.4 is 4.74 Å². The summed E-state index contributed by atoms with van der Waals surface area (Å²) in [6.45, 7) is 5.65. The number of carbonyl (C=O) groups excluding carboxylic acids is 1. The highest BCUT2D eigenvalue weighted by Gasteiger charge is 2.36. The molecule has 0 amide bonds. The number of benzene rings is 1. The fraction of sp³-hybridized carbons (Fsp3) is 0.611. The van der Waals surface area contributed by atoms with Gasteiger partial charge in [-0.3, -0.25) is 4.90 Å². The Kier molecular flexibility index (Phi) is 4.29. The summed E-state index contributed by atoms with van der Waals surface area (Å²) in [5.41, 5.74) is 1.09. The van der Waals surface area contributed by atoms with E-state index in [1.807, 2.05) is 12.1 Å². The van der Waals surface area contributed by atoms with Gasteiger partial charge >= 0.3 is 0 Å². The number of hydrogen-bond donors (Lipinski definition) is 0. The molecular weight excluding hydrogens is 262 g/mol. The van der Waals surface area contributed by atoms with Crippen LogP contribution in [-0.4, -0.2) is 30.9 Å². The van der Waals surface area contributed by atoms with Crippen molar-refractivity contribution < 1.29 is 9.53 Å². The van der Waals surface area contributed by atoms with Gasteiger partial charge in [0.05, 0.1) is 0 Å². The van der Waals surface area contributed by atoms with Crippen LogP contribution in [0.3, 0.4) is 0 Å². The lowest BCUT2D eigenvalue weighted by molar-refractivity contribution is -0.120. The van der Waals surface area contributed by atoms with Crippen LogP contribution in [0, 0.1) is 11.3 Å². The molecule has 1 aromatic rings. The van der Waals surface area contributed by atoms with E-state index in [4.69, 9.17) is 4.74 Å². The second-order valence-electron chi connectivity index (χ2n) is 6.85. The zero-order valence-electron chi connectivity index (χ0n) is 12.9. The smallest absolute Gasteiger partial charge is 0.127 e. The van der Waals surface area contributed by atoms with Crippen molar-refractivity contribution in [2.24, 2.45) is 11.3 Å². The highest BCUT2D eigenvalue weighted by Crippen LogP contribution is 2.39. The van der Waals surface area contributed by atoms with Crippen LogP contribution in [-0.2, 0) is 11.3 Å². The Labute approximate surface area is 127 Å². The van der Waals surface area contributed by atoms with Crippen LogP contribution in [0.25, 0.3) is 0 Å². The molecule has 1 fully saturated rings. The van der Waals surface area contributed by atoms with E-state index >= 15 is 0 Å². The average molecular weight is 287 g/mol. The molecule has 0 radical (unpaired) electrons. The van der Waals surface area contributed by atoms with Crippen molar-refractivity contribution in [1.29, 1.82) is 0 Å². The van der Waals surface area contributed by atoms with Crippen LogP contribution in [0.15, 0.2) is 24.3 Å². The Morgan fingerprint density at radius 2 is 2.29 bits per heavy atom. The summed E-state index contributed by atoms with van der Waals surface area (Å²) in [4.78, 5) is 14.2. The van der Waals surface area contributed by atoms with Crippen molar-refractivity contribution in [3.05, 3.63) is 29.8 Å². The zero-order chi connectivity index (χ0) is 14.7. The number of ether oxygens (including phenoxy) is 1. The van der Waals surface area contributed by atoms with E-state index in [-0.39, 0.29) is 5.41 Å². The third kappa shape index (κ3) is 3.29. The van der Waals surface area contributed by atoms with Crippen LogP contribution >= 0.6 is 0 Å². The molecule has 1 aliphatic carbocycles. The fourth-order valence-corrected chi connectivity index (χ4v) is 3.95. The average Bonchev–Trinajstić information content (AvgIpc) is 2.68. The molecule has 2 unspecified atom stereocenters. The number of rotatable bonds is 3. The number of fused-ring (bicyclic) bond motifs is 1. The van der Waals surface area contributed by atoms with E-state index in [0.717, 1.165) is 38.2 Å². The van der Waals surface area contributed by atoms with Gasteiger partial charge < -0.3 is 9.53 Å². The van der Waals surface area contributed by atoms with Gasteiger partial charge in [-0.15, -0.1) is 0 Å². The fourth-order valence-electron chi connectivity index (χ4n) is 3.95. The second-order valence-corrected chi connectivity index (χ2v) is 6.85. The normalized spacial score (nSPS) is 30.0. The van der Waals surface area contributed by atoms with E-state index in [9.17, 15) is 4.79 Å². The highest BCUT2D eigenvalue weighted by atomic mass is 16.5. The van der Waals surface area contributed by atoms with Gasteiger partial charge in [-0.05, 0) is 24.8 Å². The third-order valence-corrected chi connectivity index (χ3v) is 4.95. The molecule has 0 saturated heterocycles. The standard InChI is InChI=1S/C18H25NO2/c1-15-5-4-8-18(11-15,14-20)13-19-9-10-21-17-7-3-2-6-16(17)12-19/h2-3,6-7,14-15H,4-5,8-13H2,1H3. The van der Waals surface area contributed by atoms with E-state index < -0.39 is 0 Å². The van der Waals surface area contributed by atoms with Crippen molar-refractivity contribution in [1.82, 2.24) is 4.90 Å². The molecule has 1 saturated carbocycles. The van der Waals surface area contributed by atoms with Crippen molar-refractivity contribution in [3.8, 4) is 5.75 Å². The Balaban J connectivity index is 1.73. The molecule has 0 spiro atoms. The lowest BCUT2D eigenvalue weighted by Crippen LogP contribution is -2.42. The Bertz CT molecular complexity index is 502. The Morgan fingerprint density at radius 1 is 1.43 bits per heavy atom. The maximum absolute atomic E-state index is 11.8. The maximum atomic E-state index is 11.8. The number of aldehydes is 1. The maximum Gasteiger partial charge on any atom is 0.127 e. The molecule has 3 rings (SSSR count). The van der Waals surface area contributed by atoms with Crippen molar-refractivity contribution in [3.63, 3.8) is 0 Å². The first-order chi connectivity index (χ1) is 10.2. The Morgan fingerprint density at radius 3 is 3.10 bits per heavy atom. The third-order valence-electron chi connectivity index (χ3n) is 4.95. The van der Waals surface area contributed by atoms with E-state index in [1.165, 1.54) is 24.7 Å². The first-order valence-corrected chi connectivity index (χ1v) is 8.10. The lowest BCUT2D eigenvalue weighted by Gasteiger charge is -2.39. The summed E-state index contributed by atoms with van der Waals surface area (Å²) in [7, 11) is 0. The molecule has 21 heavy (non-hydrogen) atoms. The van der Waals surface area contributed by atoms with Crippen molar-refractivity contribution >= 4 is 6.29 Å². The number of para-hydroxylation sites is 1. The topological polar surface area (TPSA) is 29.5 Å². The molecule has 1 heterocycles. The molecule has 2 atom stereocenters. The summed E-state index contributed by atoms with van der Waals surface area (Å²) in [5.74, 6) is 1.66. The largest absolute Gasteiger partial charge is 0.492 e. The highest BCUT2D eigenvalue weighted by molar-refractivity contribution is 5.60. The molecule has 1 aliphatic heterocycles. The summed E-state index contributed by atoms with van der Waals surface area (Å²) in [6, 6.07) is 8.25. The van der Waals surface area contributed by atoms with Gasteiger partial charge in [-0.25, -0.2) is 0 Å². The van der Waals surface area contributed by atoms with E-state index in [2.05, 4.69) is 24.0 Å². The van der Waals surface area contributed by atoms with Crippen molar-refractivity contribution in [2.75, 3.05) is 19.7 Å². The molecule has 0 bridgehead atoms. The molecule has 0 aromatic heterocycles. The van der Waals surface area contributed by atoms with Crippen LogP contribution in [0.4, 0.5) is 0 Å². The van der Waals surface area contributed by atoms with Gasteiger partial charge in [-0.1, -0.05) is 38.0 Å². The lowest BCUT2D eigenvalue weighted by atomic mass is 9.70. The van der Waals surface area contributed by atoms with Crippen LogP contribution in [0.1, 0.15) is 38.2 Å². The van der Waals surface area contributed by atoms with Crippen LogP contribution in [0.2, 0.25) is 0 Å². The predicted octanol–water partition coefficient (Wildman–Crippen LogP) is 3.28. The van der Waals surface area contributed by atoms with Crippen LogP contribution in [0.5, 0.6) is 5.75 Å². The molecule has 0 N–H and O–H groups in total. The van der Waals surface area contributed by atoms with Gasteiger partial charge in [0.15, 0.2) is 0 Å². The second kappa shape index (κ2) is 6.18. The summed E-state index contributed by atoms with van der Waals surface area (Å²) < 4.78 is 5.83. The van der Waals surface area contributed by atoms with Gasteiger partial charge in [0.2, 0.25) is 0 Å². The minimum absolute atomic E-state index is 0.142.